The summed E-state index contributed by atoms with van der Waals surface area (Å²) in [5, 5.41) is 9.07. The number of hydrogen-bond acceptors (Lipinski definition) is 8. The zero-order valence-electron chi connectivity index (χ0n) is 20.8. The number of hydrogen-bond donors (Lipinski definition) is 2. The summed E-state index contributed by atoms with van der Waals surface area (Å²) < 4.78 is 113. The van der Waals surface area contributed by atoms with Crippen molar-refractivity contribution < 1.29 is 58.6 Å². The molecule has 3 rings (SSSR count). The van der Waals surface area contributed by atoms with E-state index in [4.69, 9.17) is 9.47 Å². The summed E-state index contributed by atoms with van der Waals surface area (Å²) in [7, 11) is -3.78. The molecule has 1 aromatic heterocycles. The first-order valence-corrected chi connectivity index (χ1v) is 13.6. The minimum Gasteiger partial charge on any atom is -0.491 e. The molecule has 1 aliphatic heterocycles. The fourth-order valence-corrected chi connectivity index (χ4v) is 4.16. The van der Waals surface area contributed by atoms with Gasteiger partial charge in [-0.15, -0.1) is 13.2 Å². The fourth-order valence-electron chi connectivity index (χ4n) is 3.61. The lowest BCUT2D eigenvalue weighted by Crippen LogP contribution is -2.26. The van der Waals surface area contributed by atoms with E-state index in [1.807, 2.05) is 0 Å². The number of carbonyl (C=O) groups is 2. The number of nitrogens with one attached hydrogen (secondary N) is 2. The lowest BCUT2D eigenvalue weighted by atomic mass is 10.1. The van der Waals surface area contributed by atoms with Gasteiger partial charge in [-0.1, -0.05) is 0 Å². The van der Waals surface area contributed by atoms with Gasteiger partial charge in [0.1, 0.15) is 28.6 Å². The average molecular weight is 603 g/mol. The minimum absolute atomic E-state index is 0.00386. The summed E-state index contributed by atoms with van der Waals surface area (Å²) in [5.41, 5.74) is 0.00173. The van der Waals surface area contributed by atoms with Crippen molar-refractivity contribution in [3.63, 3.8) is 0 Å². The number of halogens is 6. The van der Waals surface area contributed by atoms with Crippen molar-refractivity contribution in [2.24, 2.45) is 0 Å². The van der Waals surface area contributed by atoms with Crippen molar-refractivity contribution in [1.82, 2.24) is 9.78 Å². The molecule has 222 valence electrons. The number of alkyl halides is 6. The number of ether oxygens (including phenoxy) is 3. The molecule has 1 aromatic carbocycles. The first-order valence-electron chi connectivity index (χ1n) is 11.6. The maximum atomic E-state index is 13.3. The number of amides is 2. The van der Waals surface area contributed by atoms with E-state index in [9.17, 15) is 44.3 Å². The van der Waals surface area contributed by atoms with E-state index in [1.165, 1.54) is 12.1 Å². The molecule has 1 aliphatic rings. The molecular formula is C22H24F6N4O7S. The van der Waals surface area contributed by atoms with E-state index in [0.29, 0.717) is 0 Å². The normalized spacial score (nSPS) is 14.4. The van der Waals surface area contributed by atoms with E-state index in [0.717, 1.165) is 17.0 Å². The van der Waals surface area contributed by atoms with Gasteiger partial charge in [0.05, 0.1) is 24.6 Å². The van der Waals surface area contributed by atoms with E-state index in [-0.39, 0.29) is 66.7 Å². The zero-order valence-corrected chi connectivity index (χ0v) is 21.6. The van der Waals surface area contributed by atoms with Crippen LogP contribution in [-0.4, -0.2) is 74.4 Å². The molecule has 0 bridgehead atoms. The number of fused-ring (bicyclic) bond motifs is 2. The van der Waals surface area contributed by atoms with Crippen LogP contribution in [0.3, 0.4) is 0 Å². The van der Waals surface area contributed by atoms with Crippen LogP contribution in [0, 0.1) is 0 Å². The zero-order chi connectivity index (χ0) is 29.7. The van der Waals surface area contributed by atoms with E-state index in [2.05, 4.69) is 20.5 Å². The van der Waals surface area contributed by atoms with Gasteiger partial charge in [0.15, 0.2) is 16.4 Å². The number of anilines is 2. The monoisotopic (exact) mass is 602 g/mol. The minimum atomic E-state index is -4.87. The maximum absolute atomic E-state index is 13.3. The highest BCUT2D eigenvalue weighted by atomic mass is 32.2. The van der Waals surface area contributed by atoms with Crippen molar-refractivity contribution in [3.05, 3.63) is 29.5 Å². The lowest BCUT2D eigenvalue weighted by molar-refractivity contribution is -0.324. The van der Waals surface area contributed by atoms with Crippen LogP contribution in [0.1, 0.15) is 28.9 Å². The van der Waals surface area contributed by atoms with Crippen molar-refractivity contribution in [2.75, 3.05) is 42.5 Å². The third kappa shape index (κ3) is 9.58. The van der Waals surface area contributed by atoms with Gasteiger partial charge in [-0.25, -0.2) is 13.1 Å². The van der Waals surface area contributed by atoms with Crippen LogP contribution in [0.15, 0.2) is 18.2 Å². The Kier molecular flexibility index (Phi) is 9.55. The summed E-state index contributed by atoms with van der Waals surface area (Å²) >= 11 is 0. The van der Waals surface area contributed by atoms with Gasteiger partial charge in [0.25, 0.3) is 5.91 Å². The standard InChI is InChI=1S/C22H24F6N4O7S/c1-40(35,36)11-17(33)30-19-18-15(31-32(19)7-3-9-39-22(26,27)28)4-2-8-37-16-10-13(38-12-21(23,24)25)5-6-14(16)29-20(18)34/h5-6,10H,2-4,7-9,11-12H2,1H3,(H,29,34)(H,30,33). The number of aromatic nitrogens is 2. The highest BCUT2D eigenvalue weighted by Crippen LogP contribution is 2.33. The van der Waals surface area contributed by atoms with Crippen LogP contribution in [0.2, 0.25) is 0 Å². The molecule has 0 aliphatic carbocycles. The van der Waals surface area contributed by atoms with Gasteiger partial charge in [-0.2, -0.15) is 18.3 Å². The summed E-state index contributed by atoms with van der Waals surface area (Å²) in [4.78, 5) is 25.8. The summed E-state index contributed by atoms with van der Waals surface area (Å²) in [5.74, 6) is -3.23. The van der Waals surface area contributed by atoms with Gasteiger partial charge < -0.3 is 20.1 Å². The van der Waals surface area contributed by atoms with Gasteiger partial charge in [-0.3, -0.25) is 14.3 Å². The number of rotatable bonds is 9. The Bertz CT molecular complexity index is 1340. The van der Waals surface area contributed by atoms with E-state index >= 15 is 0 Å². The summed E-state index contributed by atoms with van der Waals surface area (Å²) in [6.45, 7) is -2.52. The first-order chi connectivity index (χ1) is 18.5. The molecule has 2 heterocycles. The Morgan fingerprint density at radius 3 is 2.60 bits per heavy atom. The predicted molar refractivity (Wildman–Crippen MR) is 127 cm³/mol. The summed E-state index contributed by atoms with van der Waals surface area (Å²) in [6.07, 6.45) is -8.55. The Morgan fingerprint density at radius 1 is 1.23 bits per heavy atom. The highest BCUT2D eigenvalue weighted by Gasteiger charge is 2.31. The summed E-state index contributed by atoms with van der Waals surface area (Å²) in [6, 6.07) is 3.56. The lowest BCUT2D eigenvalue weighted by Gasteiger charge is -2.17. The number of aryl methyl sites for hydroxylation is 2. The average Bonchev–Trinajstić information content (AvgIpc) is 3.13. The molecule has 0 fully saturated rings. The van der Waals surface area contributed by atoms with Gasteiger partial charge in [-0.05, 0) is 31.4 Å². The second kappa shape index (κ2) is 12.3. The van der Waals surface area contributed by atoms with Crippen LogP contribution in [0.5, 0.6) is 11.5 Å². The molecule has 0 radical (unpaired) electrons. The van der Waals surface area contributed by atoms with Crippen LogP contribution >= 0.6 is 0 Å². The molecule has 0 saturated carbocycles. The van der Waals surface area contributed by atoms with E-state index < -0.39 is 53.2 Å². The van der Waals surface area contributed by atoms with Crippen molar-refractivity contribution in [1.29, 1.82) is 0 Å². The first kappa shape index (κ1) is 31.0. The van der Waals surface area contributed by atoms with E-state index in [1.54, 1.807) is 0 Å². The molecule has 0 atom stereocenters. The Hall–Kier alpha value is -3.54. The van der Waals surface area contributed by atoms with Gasteiger partial charge in [0, 0.05) is 18.9 Å². The second-order valence-electron chi connectivity index (χ2n) is 8.63. The largest absolute Gasteiger partial charge is 0.522 e. The molecule has 0 saturated heterocycles. The third-order valence-corrected chi connectivity index (χ3v) is 5.89. The molecule has 2 aromatic rings. The number of sulfone groups is 1. The Balaban J connectivity index is 1.93. The number of benzene rings is 1. The SMILES string of the molecule is CS(=O)(=O)CC(=O)Nc1c2c(nn1CCCOC(F)(F)F)CCCOc1cc(OCC(F)(F)F)ccc1NC2=O. The van der Waals surface area contributed by atoms with Crippen molar-refractivity contribution >= 4 is 33.2 Å². The maximum Gasteiger partial charge on any atom is 0.522 e. The van der Waals surface area contributed by atoms with Crippen LogP contribution in [0.25, 0.3) is 0 Å². The molecule has 18 heteroatoms. The van der Waals surface area contributed by atoms with Crippen molar-refractivity contribution in [2.45, 2.75) is 38.3 Å². The van der Waals surface area contributed by atoms with Crippen LogP contribution in [-0.2, 0) is 32.3 Å². The molecule has 2 N–H and O–H groups in total. The van der Waals surface area contributed by atoms with Crippen LogP contribution in [0.4, 0.5) is 37.8 Å². The van der Waals surface area contributed by atoms with Gasteiger partial charge >= 0.3 is 12.5 Å². The second-order valence-corrected chi connectivity index (χ2v) is 10.8. The quantitative estimate of drug-likeness (QED) is 0.330. The molecule has 11 nitrogen and oxygen atoms in total. The Morgan fingerprint density at radius 2 is 1.95 bits per heavy atom. The smallest absolute Gasteiger partial charge is 0.491 e. The Labute approximate surface area is 223 Å². The topological polar surface area (TPSA) is 138 Å². The predicted octanol–water partition coefficient (Wildman–Crippen LogP) is 3.31. The molecule has 40 heavy (non-hydrogen) atoms. The molecule has 0 spiro atoms. The molecule has 2 amide bonds. The fraction of sp³-hybridized carbons (Fsp3) is 0.500. The third-order valence-electron chi connectivity index (χ3n) is 5.10. The highest BCUT2D eigenvalue weighted by molar-refractivity contribution is 7.91. The molecule has 0 unspecified atom stereocenters. The molecular weight excluding hydrogens is 578 g/mol. The number of nitrogens with zero attached hydrogens (tertiary/aromatic N) is 2. The van der Waals surface area contributed by atoms with Crippen LogP contribution < -0.4 is 20.1 Å². The van der Waals surface area contributed by atoms with Crippen molar-refractivity contribution in [3.8, 4) is 11.5 Å². The van der Waals surface area contributed by atoms with Gasteiger partial charge in [0.2, 0.25) is 5.91 Å². The number of carbonyl (C=O) groups excluding carboxylic acids is 2.